The summed E-state index contributed by atoms with van der Waals surface area (Å²) in [6.07, 6.45) is 0.0223. The molecule has 0 radical (unpaired) electrons. The third kappa shape index (κ3) is 6.53. The van der Waals surface area contributed by atoms with E-state index in [-0.39, 0.29) is 16.6 Å². The van der Waals surface area contributed by atoms with Crippen molar-refractivity contribution in [1.29, 1.82) is 0 Å². The normalized spacial score (nSPS) is 11.9. The first-order valence-corrected chi connectivity index (χ1v) is 9.15. The average molecular weight is 453 g/mol. The molecule has 0 aliphatic rings. The van der Waals surface area contributed by atoms with Crippen LogP contribution >= 0.6 is 15.9 Å². The summed E-state index contributed by atoms with van der Waals surface area (Å²) in [6.45, 7) is 5.03. The van der Waals surface area contributed by atoms with Gasteiger partial charge in [-0.1, -0.05) is 46.3 Å². The minimum absolute atomic E-state index is 0.0223. The summed E-state index contributed by atoms with van der Waals surface area (Å²) >= 11 is 2.96. The molecule has 148 valence electrons. The van der Waals surface area contributed by atoms with Gasteiger partial charge in [0.15, 0.2) is 11.6 Å². The number of nitrogens with zero attached hydrogens (tertiary/aromatic N) is 1. The SMILES string of the molecule is CC(C)(C)OC(=O)/C(Cc1ccccc1)=N/C(=O)Nc1c(F)cc(Br)cc1F. The van der Waals surface area contributed by atoms with Crippen molar-refractivity contribution in [2.45, 2.75) is 32.8 Å². The van der Waals surface area contributed by atoms with Crippen molar-refractivity contribution < 1.29 is 23.1 Å². The lowest BCUT2D eigenvalue weighted by atomic mass is 10.1. The van der Waals surface area contributed by atoms with Crippen molar-refractivity contribution in [2.75, 3.05) is 5.32 Å². The highest BCUT2D eigenvalue weighted by molar-refractivity contribution is 9.10. The molecule has 0 unspecified atom stereocenters. The lowest BCUT2D eigenvalue weighted by Gasteiger charge is -2.20. The number of amides is 2. The van der Waals surface area contributed by atoms with Crippen molar-refractivity contribution in [3.05, 3.63) is 64.1 Å². The van der Waals surface area contributed by atoms with Crippen LogP contribution in [0, 0.1) is 11.6 Å². The molecule has 0 saturated heterocycles. The van der Waals surface area contributed by atoms with Gasteiger partial charge in [0.1, 0.15) is 17.0 Å². The molecule has 0 spiro atoms. The zero-order chi connectivity index (χ0) is 20.9. The van der Waals surface area contributed by atoms with Crippen LogP contribution in [0.5, 0.6) is 0 Å². The molecule has 8 heteroatoms. The van der Waals surface area contributed by atoms with Crippen molar-refractivity contribution in [3.63, 3.8) is 0 Å². The van der Waals surface area contributed by atoms with Crippen LogP contribution in [0.25, 0.3) is 0 Å². The van der Waals surface area contributed by atoms with Gasteiger partial charge in [-0.3, -0.25) is 0 Å². The van der Waals surface area contributed by atoms with Gasteiger partial charge in [0.05, 0.1) is 0 Å². The third-order valence-electron chi connectivity index (χ3n) is 3.32. The number of ether oxygens (including phenoxy) is 1. The summed E-state index contributed by atoms with van der Waals surface area (Å²) in [4.78, 5) is 28.4. The maximum atomic E-state index is 13.9. The van der Waals surface area contributed by atoms with E-state index in [1.165, 1.54) is 0 Å². The number of halogens is 3. The van der Waals surface area contributed by atoms with E-state index >= 15 is 0 Å². The Balaban J connectivity index is 2.29. The van der Waals surface area contributed by atoms with Crippen LogP contribution in [-0.2, 0) is 16.0 Å². The number of esters is 1. The van der Waals surface area contributed by atoms with E-state index in [4.69, 9.17) is 4.74 Å². The monoisotopic (exact) mass is 452 g/mol. The Labute approximate surface area is 169 Å². The Morgan fingerprint density at radius 1 is 1.11 bits per heavy atom. The zero-order valence-electron chi connectivity index (χ0n) is 15.6. The van der Waals surface area contributed by atoms with Gasteiger partial charge in [0.25, 0.3) is 0 Å². The van der Waals surface area contributed by atoms with E-state index in [1.807, 2.05) is 5.32 Å². The minimum atomic E-state index is -1.09. The number of aliphatic imine (C=N–C) groups is 1. The summed E-state index contributed by atoms with van der Waals surface area (Å²) in [5.74, 6) is -2.74. The fraction of sp³-hybridized carbons (Fsp3) is 0.250. The van der Waals surface area contributed by atoms with Gasteiger partial charge in [-0.25, -0.2) is 18.4 Å². The van der Waals surface area contributed by atoms with Crippen LogP contribution in [0.15, 0.2) is 51.9 Å². The van der Waals surface area contributed by atoms with Crippen LogP contribution in [0.4, 0.5) is 19.3 Å². The second kappa shape index (κ2) is 9.05. The van der Waals surface area contributed by atoms with Crippen LogP contribution in [0.2, 0.25) is 0 Å². The molecule has 2 rings (SSSR count). The largest absolute Gasteiger partial charge is 0.455 e. The van der Waals surface area contributed by atoms with E-state index < -0.39 is 34.9 Å². The number of carbonyl (C=O) groups excluding carboxylic acids is 2. The summed E-state index contributed by atoms with van der Waals surface area (Å²) in [6, 6.07) is 9.78. The zero-order valence-corrected chi connectivity index (χ0v) is 17.1. The molecular formula is C20H19BrF2N2O3. The molecular weight excluding hydrogens is 434 g/mol. The Kier molecular flexibility index (Phi) is 7.01. The van der Waals surface area contributed by atoms with E-state index in [0.29, 0.717) is 0 Å². The molecule has 0 atom stereocenters. The van der Waals surface area contributed by atoms with Crippen molar-refractivity contribution in [2.24, 2.45) is 4.99 Å². The third-order valence-corrected chi connectivity index (χ3v) is 3.78. The molecule has 2 amide bonds. The van der Waals surface area contributed by atoms with Crippen LogP contribution in [0.1, 0.15) is 26.3 Å². The summed E-state index contributed by atoms with van der Waals surface area (Å²) in [5.41, 5.74) is -0.910. The van der Waals surface area contributed by atoms with E-state index in [0.717, 1.165) is 17.7 Å². The van der Waals surface area contributed by atoms with E-state index in [2.05, 4.69) is 20.9 Å². The number of urea groups is 1. The minimum Gasteiger partial charge on any atom is -0.455 e. The molecule has 0 aliphatic carbocycles. The Bertz CT molecular complexity index is 886. The summed E-state index contributed by atoms with van der Waals surface area (Å²) < 4.78 is 33.3. The highest BCUT2D eigenvalue weighted by atomic mass is 79.9. The molecule has 5 nitrogen and oxygen atoms in total. The van der Waals surface area contributed by atoms with Crippen LogP contribution in [0.3, 0.4) is 0 Å². The molecule has 0 heterocycles. The predicted octanol–water partition coefficient (Wildman–Crippen LogP) is 5.28. The standard InChI is InChI=1S/C20H19BrF2N2O3/c1-20(2,3)28-18(26)16(9-12-7-5-4-6-8-12)24-19(27)25-17-14(22)10-13(21)11-15(17)23/h4-8,10-11H,9H2,1-3H3,(H,25,27)/b24-16+. The predicted molar refractivity (Wildman–Crippen MR) is 107 cm³/mol. The molecule has 0 aliphatic heterocycles. The number of hydrogen-bond acceptors (Lipinski definition) is 3. The van der Waals surface area contributed by atoms with Crippen LogP contribution in [-0.4, -0.2) is 23.3 Å². The molecule has 0 fully saturated rings. The summed E-state index contributed by atoms with van der Waals surface area (Å²) in [5, 5.41) is 2.03. The van der Waals surface area contributed by atoms with Crippen molar-refractivity contribution in [3.8, 4) is 0 Å². The molecule has 0 saturated carbocycles. The average Bonchev–Trinajstić information content (AvgIpc) is 2.57. The lowest BCUT2D eigenvalue weighted by molar-refractivity contribution is -0.146. The van der Waals surface area contributed by atoms with Gasteiger partial charge < -0.3 is 10.1 Å². The quantitative estimate of drug-likeness (QED) is 0.506. The first kappa shape index (κ1) is 21.7. The van der Waals surface area contributed by atoms with Crippen molar-refractivity contribution in [1.82, 2.24) is 0 Å². The Morgan fingerprint density at radius 3 is 2.21 bits per heavy atom. The maximum absolute atomic E-state index is 13.9. The lowest BCUT2D eigenvalue weighted by Crippen LogP contribution is -2.31. The number of hydrogen-bond donors (Lipinski definition) is 1. The Hall–Kier alpha value is -2.61. The highest BCUT2D eigenvalue weighted by Gasteiger charge is 2.23. The van der Waals surface area contributed by atoms with Gasteiger partial charge in [-0.2, -0.15) is 4.99 Å². The molecule has 28 heavy (non-hydrogen) atoms. The fourth-order valence-electron chi connectivity index (χ4n) is 2.20. The van der Waals surface area contributed by atoms with E-state index in [9.17, 15) is 18.4 Å². The van der Waals surface area contributed by atoms with Gasteiger partial charge in [0, 0.05) is 10.9 Å². The number of benzene rings is 2. The second-order valence-electron chi connectivity index (χ2n) is 6.90. The Morgan fingerprint density at radius 2 is 1.68 bits per heavy atom. The second-order valence-corrected chi connectivity index (χ2v) is 7.81. The molecule has 2 aromatic carbocycles. The van der Waals surface area contributed by atoms with Gasteiger partial charge in [0.2, 0.25) is 0 Å². The molecule has 1 N–H and O–H groups in total. The summed E-state index contributed by atoms with van der Waals surface area (Å²) in [7, 11) is 0. The van der Waals surface area contributed by atoms with Crippen LogP contribution < -0.4 is 5.32 Å². The van der Waals surface area contributed by atoms with Gasteiger partial charge in [-0.15, -0.1) is 0 Å². The number of carbonyl (C=O) groups is 2. The number of anilines is 1. The van der Waals surface area contributed by atoms with Gasteiger partial charge >= 0.3 is 12.0 Å². The van der Waals surface area contributed by atoms with Gasteiger partial charge in [-0.05, 0) is 38.5 Å². The first-order valence-electron chi connectivity index (χ1n) is 8.35. The molecule has 0 aromatic heterocycles. The topological polar surface area (TPSA) is 67.8 Å². The number of rotatable bonds is 4. The first-order chi connectivity index (χ1) is 13.0. The smallest absolute Gasteiger partial charge is 0.353 e. The maximum Gasteiger partial charge on any atom is 0.353 e. The van der Waals surface area contributed by atoms with Crippen molar-refractivity contribution >= 4 is 39.3 Å². The molecule has 2 aromatic rings. The number of nitrogens with one attached hydrogen (secondary N) is 1. The molecule has 0 bridgehead atoms. The van der Waals surface area contributed by atoms with E-state index in [1.54, 1.807) is 51.1 Å². The fourth-order valence-corrected chi connectivity index (χ4v) is 2.60. The highest BCUT2D eigenvalue weighted by Crippen LogP contribution is 2.24.